The predicted octanol–water partition coefficient (Wildman–Crippen LogP) is 4.79. The average molecular weight is 374 g/mol. The molecular formula is C12H10Br2N2O2. The van der Waals surface area contributed by atoms with E-state index in [9.17, 15) is 10.1 Å². The number of nitro benzene ring substituents is 1. The highest BCUT2D eigenvalue weighted by atomic mass is 79.9. The van der Waals surface area contributed by atoms with E-state index in [1.54, 1.807) is 12.1 Å². The van der Waals surface area contributed by atoms with Gasteiger partial charge < -0.3 is 0 Å². The van der Waals surface area contributed by atoms with E-state index < -0.39 is 4.92 Å². The Morgan fingerprint density at radius 3 is 2.56 bits per heavy atom. The molecule has 0 atom stereocenters. The van der Waals surface area contributed by atoms with Gasteiger partial charge >= 0.3 is 0 Å². The Labute approximate surface area is 121 Å². The SMILES string of the molecule is CC(C)c1c(Br)nc2ccc([N+](=O)[O-])cc2c1Br. The van der Waals surface area contributed by atoms with Gasteiger partial charge in [-0.05, 0) is 43.8 Å². The Kier molecular flexibility index (Phi) is 3.68. The van der Waals surface area contributed by atoms with Crippen molar-refractivity contribution in [2.75, 3.05) is 0 Å². The first-order chi connectivity index (χ1) is 8.41. The van der Waals surface area contributed by atoms with Gasteiger partial charge in [0.1, 0.15) is 4.60 Å². The minimum Gasteiger partial charge on any atom is -0.258 e. The molecule has 0 bridgehead atoms. The molecule has 1 aromatic heterocycles. The second-order valence-corrected chi connectivity index (χ2v) is 5.79. The number of benzene rings is 1. The molecular weight excluding hydrogens is 364 g/mol. The second-order valence-electron chi connectivity index (χ2n) is 4.24. The molecule has 0 spiro atoms. The number of nitrogens with zero attached hydrogens (tertiary/aromatic N) is 2. The van der Waals surface area contributed by atoms with Crippen molar-refractivity contribution in [2.24, 2.45) is 0 Å². The zero-order valence-electron chi connectivity index (χ0n) is 9.78. The number of non-ortho nitro benzene ring substituents is 1. The van der Waals surface area contributed by atoms with Gasteiger partial charge in [0.2, 0.25) is 0 Å². The van der Waals surface area contributed by atoms with Crippen LogP contribution in [0.1, 0.15) is 25.3 Å². The van der Waals surface area contributed by atoms with Gasteiger partial charge in [-0.3, -0.25) is 10.1 Å². The molecule has 1 heterocycles. The van der Waals surface area contributed by atoms with Crippen LogP contribution in [0.25, 0.3) is 10.9 Å². The Bertz CT molecular complexity index is 642. The van der Waals surface area contributed by atoms with Crippen molar-refractivity contribution in [2.45, 2.75) is 19.8 Å². The van der Waals surface area contributed by atoms with Gasteiger partial charge in [-0.25, -0.2) is 4.98 Å². The number of nitro groups is 1. The molecule has 2 rings (SSSR count). The van der Waals surface area contributed by atoms with Gasteiger partial charge in [0.15, 0.2) is 0 Å². The maximum Gasteiger partial charge on any atom is 0.270 e. The third kappa shape index (κ3) is 2.27. The van der Waals surface area contributed by atoms with Crippen molar-refractivity contribution >= 4 is 48.5 Å². The molecule has 0 amide bonds. The van der Waals surface area contributed by atoms with Crippen molar-refractivity contribution < 1.29 is 4.92 Å². The number of pyridine rings is 1. The van der Waals surface area contributed by atoms with Crippen LogP contribution < -0.4 is 0 Å². The molecule has 0 N–H and O–H groups in total. The summed E-state index contributed by atoms with van der Waals surface area (Å²) in [6, 6.07) is 4.67. The first kappa shape index (κ1) is 13.4. The summed E-state index contributed by atoms with van der Waals surface area (Å²) in [6.45, 7) is 4.10. The Morgan fingerprint density at radius 2 is 2.00 bits per heavy atom. The molecule has 4 nitrogen and oxygen atoms in total. The van der Waals surface area contributed by atoms with Crippen molar-refractivity contribution in [3.63, 3.8) is 0 Å². The van der Waals surface area contributed by atoms with Crippen LogP contribution in [-0.4, -0.2) is 9.91 Å². The molecule has 94 valence electrons. The minimum atomic E-state index is -0.400. The molecule has 1 aromatic carbocycles. The van der Waals surface area contributed by atoms with Crippen LogP contribution >= 0.6 is 31.9 Å². The molecule has 0 saturated heterocycles. The van der Waals surface area contributed by atoms with Gasteiger partial charge in [0, 0.05) is 27.6 Å². The summed E-state index contributed by atoms with van der Waals surface area (Å²) < 4.78 is 1.63. The molecule has 0 unspecified atom stereocenters. The lowest BCUT2D eigenvalue weighted by molar-refractivity contribution is -0.384. The van der Waals surface area contributed by atoms with Gasteiger partial charge in [0.05, 0.1) is 10.4 Å². The Balaban J connectivity index is 2.81. The third-order valence-electron chi connectivity index (χ3n) is 2.68. The molecule has 0 radical (unpaired) electrons. The lowest BCUT2D eigenvalue weighted by Crippen LogP contribution is -1.96. The Morgan fingerprint density at radius 1 is 1.33 bits per heavy atom. The van der Waals surface area contributed by atoms with Crippen LogP contribution in [0.5, 0.6) is 0 Å². The molecule has 0 aliphatic carbocycles. The molecule has 0 fully saturated rings. The average Bonchev–Trinajstić information content (AvgIpc) is 2.27. The molecule has 0 aliphatic heterocycles. The zero-order chi connectivity index (χ0) is 13.4. The first-order valence-electron chi connectivity index (χ1n) is 5.35. The number of aromatic nitrogens is 1. The molecule has 6 heteroatoms. The highest BCUT2D eigenvalue weighted by Gasteiger charge is 2.16. The summed E-state index contributed by atoms with van der Waals surface area (Å²) in [5, 5.41) is 11.6. The smallest absolute Gasteiger partial charge is 0.258 e. The Hall–Kier alpha value is -1.01. The standard InChI is InChI=1S/C12H10Br2N2O2/c1-6(2)10-11(13)8-5-7(16(17)18)3-4-9(8)15-12(10)14/h3-6H,1-2H3. The van der Waals surface area contributed by atoms with E-state index in [1.165, 1.54) is 6.07 Å². The van der Waals surface area contributed by atoms with Crippen molar-refractivity contribution in [3.8, 4) is 0 Å². The zero-order valence-corrected chi connectivity index (χ0v) is 12.9. The summed E-state index contributed by atoms with van der Waals surface area (Å²) in [6.07, 6.45) is 0. The van der Waals surface area contributed by atoms with Crippen LogP contribution in [0.2, 0.25) is 0 Å². The normalized spacial score (nSPS) is 11.2. The maximum absolute atomic E-state index is 10.8. The summed E-state index contributed by atoms with van der Waals surface area (Å²) in [7, 11) is 0. The van der Waals surface area contributed by atoms with Crippen molar-refractivity contribution in [3.05, 3.63) is 43.0 Å². The van der Waals surface area contributed by atoms with E-state index in [0.717, 1.165) is 25.5 Å². The molecule has 2 aromatic rings. The van der Waals surface area contributed by atoms with Crippen LogP contribution in [0.3, 0.4) is 0 Å². The monoisotopic (exact) mass is 372 g/mol. The van der Waals surface area contributed by atoms with Crippen LogP contribution in [0.15, 0.2) is 27.3 Å². The van der Waals surface area contributed by atoms with Gasteiger partial charge in [0.25, 0.3) is 5.69 Å². The molecule has 0 aliphatic rings. The summed E-state index contributed by atoms with van der Waals surface area (Å²) in [4.78, 5) is 14.8. The second kappa shape index (κ2) is 4.93. The number of rotatable bonds is 2. The maximum atomic E-state index is 10.8. The van der Waals surface area contributed by atoms with Gasteiger partial charge in [-0.2, -0.15) is 0 Å². The fraction of sp³-hybridized carbons (Fsp3) is 0.250. The van der Waals surface area contributed by atoms with E-state index in [-0.39, 0.29) is 11.6 Å². The number of hydrogen-bond acceptors (Lipinski definition) is 3. The number of hydrogen-bond donors (Lipinski definition) is 0. The van der Waals surface area contributed by atoms with Crippen LogP contribution in [0, 0.1) is 10.1 Å². The third-order valence-corrected chi connectivity index (χ3v) is 4.14. The van der Waals surface area contributed by atoms with E-state index in [4.69, 9.17) is 0 Å². The summed E-state index contributed by atoms with van der Waals surface area (Å²) in [5.74, 6) is 0.268. The summed E-state index contributed by atoms with van der Waals surface area (Å²) in [5.41, 5.74) is 1.81. The predicted molar refractivity (Wildman–Crippen MR) is 77.9 cm³/mol. The van der Waals surface area contributed by atoms with E-state index in [2.05, 4.69) is 50.7 Å². The van der Waals surface area contributed by atoms with Crippen molar-refractivity contribution in [1.82, 2.24) is 4.98 Å². The highest BCUT2D eigenvalue weighted by molar-refractivity contribution is 9.11. The largest absolute Gasteiger partial charge is 0.270 e. The van der Waals surface area contributed by atoms with Gasteiger partial charge in [-0.1, -0.05) is 13.8 Å². The quantitative estimate of drug-likeness (QED) is 0.432. The number of fused-ring (bicyclic) bond motifs is 1. The fourth-order valence-electron chi connectivity index (χ4n) is 1.80. The summed E-state index contributed by atoms with van der Waals surface area (Å²) >= 11 is 6.97. The van der Waals surface area contributed by atoms with E-state index >= 15 is 0 Å². The van der Waals surface area contributed by atoms with E-state index in [0.29, 0.717) is 0 Å². The first-order valence-corrected chi connectivity index (χ1v) is 6.93. The lowest BCUT2D eigenvalue weighted by Gasteiger charge is -2.12. The topological polar surface area (TPSA) is 56.0 Å². The van der Waals surface area contributed by atoms with E-state index in [1.807, 2.05) is 0 Å². The number of halogens is 2. The molecule has 0 saturated carbocycles. The fourth-order valence-corrected chi connectivity index (χ4v) is 3.88. The van der Waals surface area contributed by atoms with Crippen molar-refractivity contribution in [1.29, 1.82) is 0 Å². The van der Waals surface area contributed by atoms with Gasteiger partial charge in [-0.15, -0.1) is 0 Å². The lowest BCUT2D eigenvalue weighted by atomic mass is 10.0. The van der Waals surface area contributed by atoms with Crippen LogP contribution in [0.4, 0.5) is 5.69 Å². The molecule has 18 heavy (non-hydrogen) atoms. The minimum absolute atomic E-state index is 0.0713. The highest BCUT2D eigenvalue weighted by Crippen LogP contribution is 2.37. The van der Waals surface area contributed by atoms with Crippen LogP contribution in [-0.2, 0) is 0 Å².